The van der Waals surface area contributed by atoms with Crippen molar-refractivity contribution < 1.29 is 14.7 Å². The molecule has 0 rings (SSSR count). The summed E-state index contributed by atoms with van der Waals surface area (Å²) in [6, 6.07) is -0.158. The Kier molecular flexibility index (Phi) is 8.26. The van der Waals surface area contributed by atoms with Crippen LogP contribution in [-0.4, -0.2) is 41.6 Å². The lowest BCUT2D eigenvalue weighted by Crippen LogP contribution is -2.44. The maximum absolute atomic E-state index is 12.0. The van der Waals surface area contributed by atoms with Crippen molar-refractivity contribution in [2.24, 2.45) is 11.3 Å². The highest BCUT2D eigenvalue weighted by atomic mass is 16.4. The van der Waals surface area contributed by atoms with Gasteiger partial charge in [0.05, 0.1) is 5.92 Å². The van der Waals surface area contributed by atoms with Gasteiger partial charge in [-0.2, -0.15) is 0 Å². The number of hydrogen-bond donors (Lipinski definition) is 2. The number of carbonyl (C=O) groups excluding carboxylic acids is 1. The van der Waals surface area contributed by atoms with Crippen molar-refractivity contribution in [3.05, 3.63) is 0 Å². The Balaban J connectivity index is 4.45. The Morgan fingerprint density at radius 2 is 1.65 bits per heavy atom. The highest BCUT2D eigenvalue weighted by molar-refractivity contribution is 5.76. The molecule has 0 fully saturated rings. The van der Waals surface area contributed by atoms with Crippen molar-refractivity contribution in [1.29, 1.82) is 0 Å². The van der Waals surface area contributed by atoms with Crippen molar-refractivity contribution in [1.82, 2.24) is 10.2 Å². The van der Waals surface area contributed by atoms with Gasteiger partial charge in [-0.05, 0) is 24.7 Å². The van der Waals surface area contributed by atoms with Crippen LogP contribution in [-0.2, 0) is 4.79 Å². The van der Waals surface area contributed by atoms with Crippen LogP contribution in [0.25, 0.3) is 0 Å². The zero-order valence-electron chi connectivity index (χ0n) is 13.5. The number of carboxylic acid groups (broad SMARTS) is 1. The minimum atomic E-state index is -0.849. The number of aliphatic carboxylic acids is 1. The molecule has 0 saturated heterocycles. The standard InChI is InChI=1S/C15H30N2O3/c1-6-8-17(9-7-2)14(20)16-11-12(13(18)19)10-15(3,4)5/h12H,6-11H2,1-5H3,(H,16,20)(H,18,19). The Morgan fingerprint density at radius 3 is 2.00 bits per heavy atom. The van der Waals surface area contributed by atoms with E-state index in [0.29, 0.717) is 19.5 Å². The van der Waals surface area contributed by atoms with E-state index in [1.807, 2.05) is 34.6 Å². The molecule has 0 aromatic carbocycles. The van der Waals surface area contributed by atoms with Crippen molar-refractivity contribution in [3.8, 4) is 0 Å². The van der Waals surface area contributed by atoms with Gasteiger partial charge >= 0.3 is 12.0 Å². The zero-order valence-corrected chi connectivity index (χ0v) is 13.5. The Hall–Kier alpha value is -1.26. The van der Waals surface area contributed by atoms with Crippen LogP contribution in [0, 0.1) is 11.3 Å². The molecule has 0 aliphatic heterocycles. The van der Waals surface area contributed by atoms with E-state index in [2.05, 4.69) is 5.32 Å². The molecule has 5 nitrogen and oxygen atoms in total. The number of hydrogen-bond acceptors (Lipinski definition) is 2. The summed E-state index contributed by atoms with van der Waals surface area (Å²) in [6.07, 6.45) is 2.35. The average Bonchev–Trinajstić information content (AvgIpc) is 2.32. The van der Waals surface area contributed by atoms with E-state index >= 15 is 0 Å². The van der Waals surface area contributed by atoms with E-state index in [0.717, 1.165) is 12.8 Å². The number of carbonyl (C=O) groups is 2. The number of rotatable bonds is 8. The summed E-state index contributed by atoms with van der Waals surface area (Å²) in [5.74, 6) is -1.39. The normalized spacial score (nSPS) is 12.8. The van der Waals surface area contributed by atoms with Gasteiger partial charge in [0.15, 0.2) is 0 Å². The number of amides is 2. The first-order valence-corrected chi connectivity index (χ1v) is 7.46. The lowest BCUT2D eigenvalue weighted by Gasteiger charge is -2.26. The fourth-order valence-corrected chi connectivity index (χ4v) is 2.16. The summed E-state index contributed by atoms with van der Waals surface area (Å²) in [5.41, 5.74) is -0.0691. The molecular formula is C15H30N2O3. The second-order valence-electron chi connectivity index (χ2n) is 6.47. The van der Waals surface area contributed by atoms with Crippen molar-refractivity contribution >= 4 is 12.0 Å². The van der Waals surface area contributed by atoms with Crippen LogP contribution >= 0.6 is 0 Å². The summed E-state index contributed by atoms with van der Waals surface area (Å²) < 4.78 is 0. The first kappa shape index (κ1) is 18.7. The highest BCUT2D eigenvalue weighted by Crippen LogP contribution is 2.24. The molecule has 0 saturated carbocycles. The largest absolute Gasteiger partial charge is 0.481 e. The minimum absolute atomic E-state index is 0.0691. The van der Waals surface area contributed by atoms with Crippen LogP contribution in [0.15, 0.2) is 0 Å². The molecule has 1 unspecified atom stereocenters. The van der Waals surface area contributed by atoms with Crippen molar-refractivity contribution in [2.45, 2.75) is 53.9 Å². The molecule has 118 valence electrons. The summed E-state index contributed by atoms with van der Waals surface area (Å²) in [5, 5.41) is 12.0. The van der Waals surface area contributed by atoms with E-state index in [1.54, 1.807) is 4.90 Å². The summed E-state index contributed by atoms with van der Waals surface area (Å²) in [4.78, 5) is 25.0. The van der Waals surface area contributed by atoms with Crippen molar-refractivity contribution in [2.75, 3.05) is 19.6 Å². The molecule has 1 atom stereocenters. The molecule has 0 aliphatic rings. The lowest BCUT2D eigenvalue weighted by molar-refractivity contribution is -0.142. The van der Waals surface area contributed by atoms with E-state index in [4.69, 9.17) is 0 Å². The van der Waals surface area contributed by atoms with Gasteiger partial charge in [-0.25, -0.2) is 4.79 Å². The third-order valence-electron chi connectivity index (χ3n) is 2.98. The van der Waals surface area contributed by atoms with Gasteiger partial charge in [-0.1, -0.05) is 34.6 Å². The van der Waals surface area contributed by atoms with E-state index < -0.39 is 11.9 Å². The highest BCUT2D eigenvalue weighted by Gasteiger charge is 2.25. The molecule has 0 radical (unpaired) electrons. The summed E-state index contributed by atoms with van der Waals surface area (Å²) in [7, 11) is 0. The first-order valence-electron chi connectivity index (χ1n) is 7.46. The molecule has 0 heterocycles. The predicted molar refractivity (Wildman–Crippen MR) is 80.8 cm³/mol. The maximum Gasteiger partial charge on any atom is 0.317 e. The van der Waals surface area contributed by atoms with Crippen LogP contribution in [0.1, 0.15) is 53.9 Å². The molecule has 5 heteroatoms. The predicted octanol–water partition coefficient (Wildman–Crippen LogP) is 2.96. The smallest absolute Gasteiger partial charge is 0.317 e. The van der Waals surface area contributed by atoms with Gasteiger partial charge < -0.3 is 15.3 Å². The number of urea groups is 1. The summed E-state index contributed by atoms with van der Waals surface area (Å²) in [6.45, 7) is 11.7. The average molecular weight is 286 g/mol. The SMILES string of the molecule is CCCN(CCC)C(=O)NCC(CC(C)(C)C)C(=O)O. The summed E-state index contributed by atoms with van der Waals surface area (Å²) >= 11 is 0. The van der Waals surface area contributed by atoms with Gasteiger partial charge in [0.2, 0.25) is 0 Å². The molecule has 0 aromatic rings. The second kappa shape index (κ2) is 8.82. The quantitative estimate of drug-likeness (QED) is 0.720. The topological polar surface area (TPSA) is 69.6 Å². The van der Waals surface area contributed by atoms with Crippen LogP contribution in [0.4, 0.5) is 4.79 Å². The van der Waals surface area contributed by atoms with Crippen molar-refractivity contribution in [3.63, 3.8) is 0 Å². The van der Waals surface area contributed by atoms with Crippen LogP contribution in [0.3, 0.4) is 0 Å². The Bertz CT molecular complexity index is 305. The third-order valence-corrected chi connectivity index (χ3v) is 2.98. The molecule has 0 aliphatic carbocycles. The lowest BCUT2D eigenvalue weighted by atomic mass is 9.84. The van der Waals surface area contributed by atoms with Gasteiger partial charge in [-0.3, -0.25) is 4.79 Å². The van der Waals surface area contributed by atoms with Gasteiger partial charge in [0, 0.05) is 19.6 Å². The monoisotopic (exact) mass is 286 g/mol. The van der Waals surface area contributed by atoms with E-state index in [1.165, 1.54) is 0 Å². The fraction of sp³-hybridized carbons (Fsp3) is 0.867. The van der Waals surface area contributed by atoms with E-state index in [-0.39, 0.29) is 18.0 Å². The number of nitrogens with one attached hydrogen (secondary N) is 1. The first-order chi connectivity index (χ1) is 9.21. The minimum Gasteiger partial charge on any atom is -0.481 e. The molecule has 0 aromatic heterocycles. The van der Waals surface area contributed by atoms with Crippen LogP contribution in [0.2, 0.25) is 0 Å². The van der Waals surface area contributed by atoms with Gasteiger partial charge in [0.1, 0.15) is 0 Å². The molecular weight excluding hydrogens is 256 g/mol. The third kappa shape index (κ3) is 8.02. The van der Waals surface area contributed by atoms with Gasteiger partial charge in [-0.15, -0.1) is 0 Å². The fourth-order valence-electron chi connectivity index (χ4n) is 2.16. The maximum atomic E-state index is 12.0. The van der Waals surface area contributed by atoms with Gasteiger partial charge in [0.25, 0.3) is 0 Å². The Labute approximate surface area is 122 Å². The zero-order chi connectivity index (χ0) is 15.8. The van der Waals surface area contributed by atoms with Crippen LogP contribution in [0.5, 0.6) is 0 Å². The molecule has 20 heavy (non-hydrogen) atoms. The molecule has 2 N–H and O–H groups in total. The van der Waals surface area contributed by atoms with Crippen LogP contribution < -0.4 is 5.32 Å². The Morgan fingerprint density at radius 1 is 1.15 bits per heavy atom. The molecule has 2 amide bonds. The molecule has 0 bridgehead atoms. The number of nitrogens with zero attached hydrogens (tertiary/aromatic N) is 1. The van der Waals surface area contributed by atoms with E-state index in [9.17, 15) is 14.7 Å². The molecule has 0 spiro atoms. The number of carboxylic acids is 1. The second-order valence-corrected chi connectivity index (χ2v) is 6.47.